The largest absolute Gasteiger partial charge is 0.508 e. The zero-order valence-corrected chi connectivity index (χ0v) is 11.8. The van der Waals surface area contributed by atoms with Crippen molar-refractivity contribution in [3.8, 4) is 5.75 Å². The van der Waals surface area contributed by atoms with E-state index in [9.17, 15) is 5.11 Å². The van der Waals surface area contributed by atoms with Crippen molar-refractivity contribution in [2.45, 2.75) is 19.8 Å². The topological polar surface area (TPSA) is 70.4 Å². The van der Waals surface area contributed by atoms with Gasteiger partial charge in [-0.25, -0.2) is 0 Å². The first-order valence-electron chi connectivity index (χ1n) is 6.20. The normalized spacial score (nSPS) is 11.4. The van der Waals surface area contributed by atoms with Crippen molar-refractivity contribution in [3.63, 3.8) is 0 Å². The average molecular weight is 291 g/mol. The molecule has 2 rings (SSSR count). The Hall–Kier alpha value is -2.14. The minimum atomic E-state index is 0.280. The van der Waals surface area contributed by atoms with E-state index in [1.807, 2.05) is 19.1 Å². The number of aryl methyl sites for hydroxylation is 1. The molecular weight excluding hydrogens is 276 g/mol. The van der Waals surface area contributed by atoms with E-state index in [0.29, 0.717) is 11.0 Å². The maximum atomic E-state index is 9.21. The number of rotatable bonds is 5. The summed E-state index contributed by atoms with van der Waals surface area (Å²) >= 11 is 5.65. The molecule has 0 amide bonds. The molecule has 6 heteroatoms. The Kier molecular flexibility index (Phi) is 4.90. The lowest BCUT2D eigenvalue weighted by atomic mass is 10.1. The number of benzene rings is 1. The van der Waals surface area contributed by atoms with Gasteiger partial charge in [-0.15, -0.1) is 10.2 Å². The van der Waals surface area contributed by atoms with Gasteiger partial charge in [0.05, 0.1) is 0 Å². The van der Waals surface area contributed by atoms with Crippen LogP contribution in [0, 0.1) is 0 Å². The number of hydrazone groups is 1. The van der Waals surface area contributed by atoms with Crippen molar-refractivity contribution in [1.29, 1.82) is 0 Å². The number of phenolic OH excluding ortho intramolecular Hbond substituents is 1. The Morgan fingerprint density at radius 3 is 2.60 bits per heavy atom. The van der Waals surface area contributed by atoms with Crippen molar-refractivity contribution in [2.75, 3.05) is 5.43 Å². The lowest BCUT2D eigenvalue weighted by Gasteiger charge is -2.03. The molecule has 20 heavy (non-hydrogen) atoms. The van der Waals surface area contributed by atoms with Gasteiger partial charge < -0.3 is 5.11 Å². The van der Waals surface area contributed by atoms with Gasteiger partial charge in [0, 0.05) is 5.71 Å². The molecule has 1 aromatic heterocycles. The summed E-state index contributed by atoms with van der Waals surface area (Å²) < 4.78 is 0. The highest BCUT2D eigenvalue weighted by Crippen LogP contribution is 2.11. The summed E-state index contributed by atoms with van der Waals surface area (Å²) in [6, 6.07) is 10.5. The molecule has 0 bridgehead atoms. The fraction of sp³-hybridized carbons (Fsp3) is 0.214. The number of hydrogen-bond donors (Lipinski definition) is 2. The second kappa shape index (κ2) is 6.86. The molecule has 0 unspecified atom stereocenters. The minimum Gasteiger partial charge on any atom is -0.508 e. The smallest absolute Gasteiger partial charge is 0.168 e. The summed E-state index contributed by atoms with van der Waals surface area (Å²) in [5, 5.41) is 21.4. The summed E-state index contributed by atoms with van der Waals surface area (Å²) in [7, 11) is 0. The van der Waals surface area contributed by atoms with Gasteiger partial charge in [-0.05, 0) is 49.6 Å². The van der Waals surface area contributed by atoms with Crippen molar-refractivity contribution in [3.05, 3.63) is 47.1 Å². The van der Waals surface area contributed by atoms with Crippen LogP contribution in [0.2, 0.25) is 5.15 Å². The van der Waals surface area contributed by atoms with Crippen LogP contribution in [0.15, 0.2) is 41.5 Å². The third kappa shape index (κ3) is 4.51. The highest BCUT2D eigenvalue weighted by molar-refractivity contribution is 6.29. The molecule has 0 aliphatic carbocycles. The second-order valence-electron chi connectivity index (χ2n) is 4.37. The first-order valence-corrected chi connectivity index (χ1v) is 6.57. The predicted octanol–water partition coefficient (Wildman–Crippen LogP) is 3.26. The van der Waals surface area contributed by atoms with Crippen LogP contribution in [0.3, 0.4) is 0 Å². The van der Waals surface area contributed by atoms with Crippen LogP contribution in [0.4, 0.5) is 5.82 Å². The molecule has 0 radical (unpaired) electrons. The Labute approximate surface area is 122 Å². The molecule has 0 fully saturated rings. The van der Waals surface area contributed by atoms with Gasteiger partial charge in [0.25, 0.3) is 0 Å². The van der Waals surface area contributed by atoms with Crippen molar-refractivity contribution in [2.24, 2.45) is 5.10 Å². The van der Waals surface area contributed by atoms with E-state index in [-0.39, 0.29) is 5.75 Å². The molecule has 1 heterocycles. The van der Waals surface area contributed by atoms with Crippen LogP contribution in [-0.2, 0) is 6.42 Å². The van der Waals surface area contributed by atoms with Gasteiger partial charge in [0.15, 0.2) is 11.0 Å². The molecule has 0 aliphatic rings. The van der Waals surface area contributed by atoms with Gasteiger partial charge in [0.2, 0.25) is 0 Å². The number of aromatic hydroxyl groups is 1. The summed E-state index contributed by atoms with van der Waals surface area (Å²) in [5.41, 5.74) is 4.94. The molecule has 0 aliphatic heterocycles. The molecule has 104 valence electrons. The third-order valence-corrected chi connectivity index (χ3v) is 2.91. The zero-order chi connectivity index (χ0) is 14.4. The summed E-state index contributed by atoms with van der Waals surface area (Å²) in [6.07, 6.45) is 1.68. The summed E-state index contributed by atoms with van der Waals surface area (Å²) in [4.78, 5) is 0. The van der Waals surface area contributed by atoms with Gasteiger partial charge in [-0.2, -0.15) is 5.10 Å². The molecule has 2 N–H and O–H groups in total. The Balaban J connectivity index is 1.84. The van der Waals surface area contributed by atoms with E-state index in [0.717, 1.165) is 24.1 Å². The maximum Gasteiger partial charge on any atom is 0.168 e. The minimum absolute atomic E-state index is 0.280. The standard InChI is InChI=1S/C14H15ClN4O/c1-10(2-3-11-4-6-12(20)7-5-11)16-18-14-9-8-13(15)17-19-14/h4-9,20H,2-3H2,1H3,(H,18,19)/b16-10+. The summed E-state index contributed by atoms with van der Waals surface area (Å²) in [6.45, 7) is 1.94. The maximum absolute atomic E-state index is 9.21. The van der Waals surface area contributed by atoms with E-state index >= 15 is 0 Å². The Morgan fingerprint density at radius 2 is 1.95 bits per heavy atom. The molecule has 0 spiro atoms. The van der Waals surface area contributed by atoms with Crippen LogP contribution >= 0.6 is 11.6 Å². The number of hydrogen-bond acceptors (Lipinski definition) is 5. The van der Waals surface area contributed by atoms with E-state index < -0.39 is 0 Å². The first kappa shape index (κ1) is 14.3. The lowest BCUT2D eigenvalue weighted by Crippen LogP contribution is -2.01. The average Bonchev–Trinajstić information content (AvgIpc) is 2.46. The number of aromatic nitrogens is 2. The van der Waals surface area contributed by atoms with Crippen LogP contribution in [0.5, 0.6) is 5.75 Å². The Morgan fingerprint density at radius 1 is 1.20 bits per heavy atom. The molecule has 2 aromatic rings. The monoisotopic (exact) mass is 290 g/mol. The number of anilines is 1. The van der Waals surface area contributed by atoms with E-state index in [1.165, 1.54) is 0 Å². The van der Waals surface area contributed by atoms with Gasteiger partial charge in [-0.1, -0.05) is 23.7 Å². The van der Waals surface area contributed by atoms with E-state index in [2.05, 4.69) is 20.7 Å². The van der Waals surface area contributed by atoms with Crippen molar-refractivity contribution in [1.82, 2.24) is 10.2 Å². The number of nitrogens with zero attached hydrogens (tertiary/aromatic N) is 3. The number of phenols is 1. The van der Waals surface area contributed by atoms with Gasteiger partial charge >= 0.3 is 0 Å². The molecule has 0 saturated carbocycles. The third-order valence-electron chi connectivity index (χ3n) is 2.71. The Bertz CT molecular complexity index is 581. The van der Waals surface area contributed by atoms with Gasteiger partial charge in [-0.3, -0.25) is 5.43 Å². The second-order valence-corrected chi connectivity index (χ2v) is 4.75. The van der Waals surface area contributed by atoms with E-state index in [1.54, 1.807) is 24.3 Å². The van der Waals surface area contributed by atoms with Crippen molar-refractivity contribution >= 4 is 23.1 Å². The number of nitrogens with one attached hydrogen (secondary N) is 1. The van der Waals surface area contributed by atoms with Crippen LogP contribution in [-0.4, -0.2) is 21.0 Å². The van der Waals surface area contributed by atoms with Crippen molar-refractivity contribution < 1.29 is 5.11 Å². The highest BCUT2D eigenvalue weighted by atomic mass is 35.5. The predicted molar refractivity (Wildman–Crippen MR) is 80.2 cm³/mol. The highest BCUT2D eigenvalue weighted by Gasteiger charge is 1.98. The molecule has 1 aromatic carbocycles. The van der Waals surface area contributed by atoms with Gasteiger partial charge in [0.1, 0.15) is 5.75 Å². The fourth-order valence-electron chi connectivity index (χ4n) is 1.57. The number of halogens is 1. The summed E-state index contributed by atoms with van der Waals surface area (Å²) in [5.74, 6) is 0.834. The van der Waals surface area contributed by atoms with Crippen LogP contribution < -0.4 is 5.43 Å². The fourth-order valence-corrected chi connectivity index (χ4v) is 1.67. The first-order chi connectivity index (χ1) is 9.63. The quantitative estimate of drug-likeness (QED) is 0.655. The van der Waals surface area contributed by atoms with E-state index in [4.69, 9.17) is 11.6 Å². The lowest BCUT2D eigenvalue weighted by molar-refractivity contribution is 0.475. The zero-order valence-electron chi connectivity index (χ0n) is 11.0. The van der Waals surface area contributed by atoms with Crippen LogP contribution in [0.1, 0.15) is 18.9 Å². The molecule has 5 nitrogen and oxygen atoms in total. The molecular formula is C14H15ClN4O. The molecule has 0 saturated heterocycles. The van der Waals surface area contributed by atoms with Crippen LogP contribution in [0.25, 0.3) is 0 Å². The molecule has 0 atom stereocenters. The SMILES string of the molecule is C/C(CCc1ccc(O)cc1)=N\Nc1ccc(Cl)nn1.